The fourth-order valence-electron chi connectivity index (χ4n) is 2.32. The lowest BCUT2D eigenvalue weighted by Crippen LogP contribution is -2.36. The minimum absolute atomic E-state index is 0.0141. The highest BCUT2D eigenvalue weighted by molar-refractivity contribution is 5.93. The molecule has 0 saturated carbocycles. The molecule has 1 N–H and O–H groups in total. The Morgan fingerprint density at radius 3 is 2.76 bits per heavy atom. The van der Waals surface area contributed by atoms with Crippen LogP contribution in [0.4, 0.5) is 11.4 Å². The molecule has 0 bridgehead atoms. The molecular weight excluding hydrogens is 330 g/mol. The predicted molar refractivity (Wildman–Crippen MR) is 89.6 cm³/mol. The van der Waals surface area contributed by atoms with Gasteiger partial charge in [-0.1, -0.05) is 6.08 Å². The monoisotopic (exact) mass is 349 g/mol. The van der Waals surface area contributed by atoms with Crippen molar-refractivity contribution >= 4 is 23.3 Å². The number of nitrogens with zero attached hydrogens (tertiary/aromatic N) is 2. The summed E-state index contributed by atoms with van der Waals surface area (Å²) in [6.07, 6.45) is 1.49. The van der Waals surface area contributed by atoms with Crippen LogP contribution in [0.15, 0.2) is 30.9 Å². The van der Waals surface area contributed by atoms with Gasteiger partial charge in [-0.2, -0.15) is 0 Å². The molecule has 0 spiro atoms. The molecule has 9 heteroatoms. The van der Waals surface area contributed by atoms with Crippen LogP contribution in [0.3, 0.4) is 0 Å². The van der Waals surface area contributed by atoms with E-state index >= 15 is 0 Å². The molecule has 1 aliphatic rings. The van der Waals surface area contributed by atoms with Crippen molar-refractivity contribution in [2.45, 2.75) is 0 Å². The van der Waals surface area contributed by atoms with E-state index in [4.69, 9.17) is 9.47 Å². The number of nitrogens with one attached hydrogen (secondary N) is 1. The number of anilines is 1. The van der Waals surface area contributed by atoms with Crippen LogP contribution in [0, 0.1) is 10.1 Å². The number of carbonyl (C=O) groups is 2. The van der Waals surface area contributed by atoms with Gasteiger partial charge in [0.1, 0.15) is 5.69 Å². The highest BCUT2D eigenvalue weighted by Gasteiger charge is 2.24. The van der Waals surface area contributed by atoms with Gasteiger partial charge in [0, 0.05) is 25.7 Å². The van der Waals surface area contributed by atoms with E-state index in [0.29, 0.717) is 32.0 Å². The van der Waals surface area contributed by atoms with Crippen LogP contribution in [0.25, 0.3) is 0 Å². The van der Waals surface area contributed by atoms with Gasteiger partial charge < -0.3 is 19.7 Å². The Morgan fingerprint density at radius 1 is 1.40 bits per heavy atom. The van der Waals surface area contributed by atoms with Crippen LogP contribution in [0.5, 0.6) is 0 Å². The number of esters is 1. The topological polar surface area (TPSA) is 111 Å². The van der Waals surface area contributed by atoms with Gasteiger partial charge in [0.05, 0.1) is 23.7 Å². The first kappa shape index (κ1) is 18.4. The largest absolute Gasteiger partial charge is 0.452 e. The quantitative estimate of drug-likeness (QED) is 0.337. The van der Waals surface area contributed by atoms with E-state index < -0.39 is 23.4 Å². The molecule has 134 valence electrons. The van der Waals surface area contributed by atoms with Gasteiger partial charge in [-0.25, -0.2) is 4.79 Å². The average molecular weight is 349 g/mol. The Hall–Kier alpha value is -2.94. The first-order valence-electron chi connectivity index (χ1n) is 7.68. The zero-order valence-electron chi connectivity index (χ0n) is 13.6. The number of carbonyl (C=O) groups excluding carboxylic acids is 2. The van der Waals surface area contributed by atoms with E-state index in [2.05, 4.69) is 11.9 Å². The van der Waals surface area contributed by atoms with Gasteiger partial charge in [0.2, 0.25) is 0 Å². The van der Waals surface area contributed by atoms with Crippen molar-refractivity contribution in [2.24, 2.45) is 0 Å². The van der Waals surface area contributed by atoms with Crippen molar-refractivity contribution < 1.29 is 24.0 Å². The highest BCUT2D eigenvalue weighted by Crippen LogP contribution is 2.30. The molecule has 2 rings (SSSR count). The second-order valence-electron chi connectivity index (χ2n) is 5.23. The van der Waals surface area contributed by atoms with Crippen LogP contribution >= 0.6 is 0 Å². The second kappa shape index (κ2) is 8.78. The minimum Gasteiger partial charge on any atom is -0.452 e. The van der Waals surface area contributed by atoms with Gasteiger partial charge in [-0.05, 0) is 12.1 Å². The highest BCUT2D eigenvalue weighted by atomic mass is 16.6. The van der Waals surface area contributed by atoms with E-state index in [9.17, 15) is 19.7 Å². The summed E-state index contributed by atoms with van der Waals surface area (Å²) in [5, 5.41) is 13.8. The normalized spacial score (nSPS) is 13.8. The summed E-state index contributed by atoms with van der Waals surface area (Å²) in [5.74, 6) is -1.28. The minimum atomic E-state index is -0.801. The van der Waals surface area contributed by atoms with Crippen LogP contribution in [-0.2, 0) is 14.3 Å². The zero-order chi connectivity index (χ0) is 18.2. The molecule has 0 unspecified atom stereocenters. The summed E-state index contributed by atoms with van der Waals surface area (Å²) in [6, 6.07) is 4.12. The van der Waals surface area contributed by atoms with Crippen LogP contribution < -0.4 is 10.2 Å². The van der Waals surface area contributed by atoms with E-state index in [0.717, 1.165) is 6.07 Å². The molecule has 9 nitrogen and oxygen atoms in total. The van der Waals surface area contributed by atoms with Crippen molar-refractivity contribution in [3.63, 3.8) is 0 Å². The number of hydrogen-bond donors (Lipinski definition) is 1. The third-order valence-electron chi connectivity index (χ3n) is 3.54. The number of nitro benzene ring substituents is 1. The zero-order valence-corrected chi connectivity index (χ0v) is 13.6. The number of hydrogen-bond acceptors (Lipinski definition) is 7. The lowest BCUT2D eigenvalue weighted by molar-refractivity contribution is -0.384. The lowest BCUT2D eigenvalue weighted by atomic mass is 10.1. The summed E-state index contributed by atoms with van der Waals surface area (Å²) in [5.41, 5.74) is 0.251. The maximum absolute atomic E-state index is 12.0. The van der Waals surface area contributed by atoms with Gasteiger partial charge in [-0.3, -0.25) is 14.9 Å². The van der Waals surface area contributed by atoms with Crippen LogP contribution in [-0.4, -0.2) is 56.3 Å². The first-order valence-corrected chi connectivity index (χ1v) is 7.68. The number of ether oxygens (including phenoxy) is 2. The fourth-order valence-corrected chi connectivity index (χ4v) is 2.32. The molecule has 0 aliphatic carbocycles. The number of rotatable bonds is 7. The van der Waals surface area contributed by atoms with Gasteiger partial charge in [-0.15, -0.1) is 6.58 Å². The maximum Gasteiger partial charge on any atom is 0.338 e. The molecule has 1 amide bonds. The Balaban J connectivity index is 2.09. The molecular formula is C16H19N3O6. The molecule has 1 aromatic rings. The molecule has 0 radical (unpaired) electrons. The van der Waals surface area contributed by atoms with Gasteiger partial charge >= 0.3 is 5.97 Å². The maximum atomic E-state index is 12.0. The van der Waals surface area contributed by atoms with E-state index in [1.807, 2.05) is 4.90 Å². The number of amides is 1. The van der Waals surface area contributed by atoms with Crippen molar-refractivity contribution in [2.75, 3.05) is 44.4 Å². The Kier molecular flexibility index (Phi) is 6.47. The van der Waals surface area contributed by atoms with Crippen LogP contribution in [0.2, 0.25) is 0 Å². The first-order chi connectivity index (χ1) is 12.0. The van der Waals surface area contributed by atoms with Crippen molar-refractivity contribution in [1.82, 2.24) is 5.32 Å². The Morgan fingerprint density at radius 2 is 2.12 bits per heavy atom. The Labute approximate surface area is 144 Å². The number of nitro groups is 1. The molecule has 25 heavy (non-hydrogen) atoms. The van der Waals surface area contributed by atoms with E-state index in [1.165, 1.54) is 18.2 Å². The summed E-state index contributed by atoms with van der Waals surface area (Å²) >= 11 is 0. The molecule has 1 aromatic carbocycles. The molecule has 1 aliphatic heterocycles. The third-order valence-corrected chi connectivity index (χ3v) is 3.54. The van der Waals surface area contributed by atoms with Crippen molar-refractivity contribution in [1.29, 1.82) is 0 Å². The summed E-state index contributed by atoms with van der Waals surface area (Å²) in [6.45, 7) is 5.29. The van der Waals surface area contributed by atoms with Crippen molar-refractivity contribution in [3.05, 3.63) is 46.5 Å². The molecule has 1 fully saturated rings. The van der Waals surface area contributed by atoms with E-state index in [-0.39, 0.29) is 17.8 Å². The summed E-state index contributed by atoms with van der Waals surface area (Å²) < 4.78 is 10.1. The summed E-state index contributed by atoms with van der Waals surface area (Å²) in [4.78, 5) is 36.1. The molecule has 1 heterocycles. The number of benzene rings is 1. The number of morpholine rings is 1. The smallest absolute Gasteiger partial charge is 0.338 e. The SMILES string of the molecule is C=CCNC(=O)COC(=O)c1ccc(N2CCOCC2)c([N+](=O)[O-])c1. The van der Waals surface area contributed by atoms with E-state index in [1.54, 1.807) is 0 Å². The molecule has 0 aromatic heterocycles. The summed E-state index contributed by atoms with van der Waals surface area (Å²) in [7, 11) is 0. The fraction of sp³-hybridized carbons (Fsp3) is 0.375. The van der Waals surface area contributed by atoms with Crippen LogP contribution in [0.1, 0.15) is 10.4 Å². The predicted octanol–water partition coefficient (Wildman–Crippen LogP) is 0.890. The van der Waals surface area contributed by atoms with Crippen molar-refractivity contribution in [3.8, 4) is 0 Å². The molecule has 1 saturated heterocycles. The second-order valence-corrected chi connectivity index (χ2v) is 5.23. The molecule has 0 atom stereocenters. The lowest BCUT2D eigenvalue weighted by Gasteiger charge is -2.28. The standard InChI is InChI=1S/C16H19N3O6/c1-2-5-17-15(20)11-25-16(21)12-3-4-13(14(10-12)19(22)23)18-6-8-24-9-7-18/h2-4,10H,1,5-9,11H2,(H,17,20). The Bertz CT molecular complexity index is 670. The van der Waals surface area contributed by atoms with Gasteiger partial charge in [0.15, 0.2) is 6.61 Å². The third kappa shape index (κ3) is 5.01. The van der Waals surface area contributed by atoms with Gasteiger partial charge in [0.25, 0.3) is 11.6 Å². The average Bonchev–Trinajstić information content (AvgIpc) is 2.64.